The van der Waals surface area contributed by atoms with E-state index in [0.29, 0.717) is 12.1 Å². The molecule has 2 unspecified atom stereocenters. The standard InChI is InChI=1S/C9H15N3O/c1-10-8-2-5-13-6-9(8)12-4-3-11-7-12/h3-4,7-10H,2,5-6H2,1H3. The lowest BCUT2D eigenvalue weighted by atomic mass is 10.0. The summed E-state index contributed by atoms with van der Waals surface area (Å²) in [5.74, 6) is 0. The number of hydrogen-bond acceptors (Lipinski definition) is 3. The Labute approximate surface area is 77.9 Å². The van der Waals surface area contributed by atoms with Gasteiger partial charge >= 0.3 is 0 Å². The maximum absolute atomic E-state index is 5.45. The Balaban J connectivity index is 2.11. The van der Waals surface area contributed by atoms with Gasteiger partial charge in [0.15, 0.2) is 0 Å². The molecule has 0 bridgehead atoms. The molecule has 2 rings (SSSR count). The Morgan fingerprint density at radius 3 is 3.23 bits per heavy atom. The van der Waals surface area contributed by atoms with Gasteiger partial charge in [-0.3, -0.25) is 0 Å². The molecule has 1 aromatic heterocycles. The molecule has 0 radical (unpaired) electrons. The van der Waals surface area contributed by atoms with E-state index in [1.807, 2.05) is 19.6 Å². The quantitative estimate of drug-likeness (QED) is 0.719. The highest BCUT2D eigenvalue weighted by Gasteiger charge is 2.25. The van der Waals surface area contributed by atoms with Crippen LogP contribution < -0.4 is 5.32 Å². The lowest BCUT2D eigenvalue weighted by Gasteiger charge is -2.31. The Morgan fingerprint density at radius 2 is 2.54 bits per heavy atom. The zero-order chi connectivity index (χ0) is 9.10. The second-order valence-electron chi connectivity index (χ2n) is 3.34. The third-order valence-electron chi connectivity index (χ3n) is 2.60. The summed E-state index contributed by atoms with van der Waals surface area (Å²) in [7, 11) is 2.00. The van der Waals surface area contributed by atoms with E-state index in [2.05, 4.69) is 14.9 Å². The van der Waals surface area contributed by atoms with Crippen LogP contribution >= 0.6 is 0 Å². The first-order valence-electron chi connectivity index (χ1n) is 4.64. The van der Waals surface area contributed by atoms with Crippen molar-refractivity contribution in [3.05, 3.63) is 18.7 Å². The van der Waals surface area contributed by atoms with Gasteiger partial charge < -0.3 is 14.6 Å². The maximum Gasteiger partial charge on any atom is 0.0949 e. The lowest BCUT2D eigenvalue weighted by Crippen LogP contribution is -2.41. The molecule has 0 amide bonds. The molecule has 72 valence electrons. The van der Waals surface area contributed by atoms with Gasteiger partial charge in [0.1, 0.15) is 0 Å². The van der Waals surface area contributed by atoms with Gasteiger partial charge in [-0.15, -0.1) is 0 Å². The van der Waals surface area contributed by atoms with Crippen LogP contribution in [0.1, 0.15) is 12.5 Å². The summed E-state index contributed by atoms with van der Waals surface area (Å²) in [6.07, 6.45) is 6.72. The van der Waals surface area contributed by atoms with Gasteiger partial charge in [0.2, 0.25) is 0 Å². The van der Waals surface area contributed by atoms with E-state index in [4.69, 9.17) is 4.74 Å². The third-order valence-corrected chi connectivity index (χ3v) is 2.60. The number of imidazole rings is 1. The monoisotopic (exact) mass is 181 g/mol. The predicted molar refractivity (Wildman–Crippen MR) is 49.5 cm³/mol. The van der Waals surface area contributed by atoms with Gasteiger partial charge in [-0.25, -0.2) is 4.98 Å². The molecule has 1 aliphatic heterocycles. The van der Waals surface area contributed by atoms with Crippen molar-refractivity contribution < 1.29 is 4.74 Å². The van der Waals surface area contributed by atoms with E-state index in [-0.39, 0.29) is 0 Å². The van der Waals surface area contributed by atoms with Crippen molar-refractivity contribution in [2.75, 3.05) is 20.3 Å². The molecule has 4 nitrogen and oxygen atoms in total. The molecule has 2 heterocycles. The maximum atomic E-state index is 5.45. The van der Waals surface area contributed by atoms with Gasteiger partial charge in [-0.2, -0.15) is 0 Å². The first-order chi connectivity index (χ1) is 6.42. The second-order valence-corrected chi connectivity index (χ2v) is 3.34. The molecule has 1 fully saturated rings. The van der Waals surface area contributed by atoms with Crippen molar-refractivity contribution in [1.82, 2.24) is 14.9 Å². The Bertz CT molecular complexity index is 247. The number of aromatic nitrogens is 2. The molecule has 0 spiro atoms. The van der Waals surface area contributed by atoms with Gasteiger partial charge in [-0.1, -0.05) is 0 Å². The number of ether oxygens (including phenoxy) is 1. The van der Waals surface area contributed by atoms with Crippen LogP contribution in [-0.2, 0) is 4.74 Å². The van der Waals surface area contributed by atoms with Crippen LogP contribution in [0.2, 0.25) is 0 Å². The molecule has 1 saturated heterocycles. The zero-order valence-corrected chi connectivity index (χ0v) is 7.81. The normalized spacial score (nSPS) is 29.0. The molecule has 13 heavy (non-hydrogen) atoms. The lowest BCUT2D eigenvalue weighted by molar-refractivity contribution is 0.0390. The summed E-state index contributed by atoms with van der Waals surface area (Å²) in [6.45, 7) is 1.64. The number of nitrogens with one attached hydrogen (secondary N) is 1. The van der Waals surface area contributed by atoms with Crippen LogP contribution in [0.3, 0.4) is 0 Å². The zero-order valence-electron chi connectivity index (χ0n) is 7.81. The molecular formula is C9H15N3O. The van der Waals surface area contributed by atoms with E-state index in [0.717, 1.165) is 19.6 Å². The summed E-state index contributed by atoms with van der Waals surface area (Å²) in [6, 6.07) is 0.893. The molecule has 1 N–H and O–H groups in total. The summed E-state index contributed by atoms with van der Waals surface area (Å²) in [5.41, 5.74) is 0. The average Bonchev–Trinajstić information content (AvgIpc) is 2.70. The van der Waals surface area contributed by atoms with Crippen molar-refractivity contribution in [3.8, 4) is 0 Å². The van der Waals surface area contributed by atoms with Crippen molar-refractivity contribution in [2.45, 2.75) is 18.5 Å². The highest BCUT2D eigenvalue weighted by Crippen LogP contribution is 2.19. The van der Waals surface area contributed by atoms with E-state index in [1.54, 1.807) is 6.20 Å². The summed E-state index contributed by atoms with van der Waals surface area (Å²) >= 11 is 0. The first kappa shape index (κ1) is 8.72. The van der Waals surface area contributed by atoms with E-state index in [1.165, 1.54) is 0 Å². The van der Waals surface area contributed by atoms with Crippen molar-refractivity contribution >= 4 is 0 Å². The van der Waals surface area contributed by atoms with Gasteiger partial charge in [0, 0.05) is 25.0 Å². The van der Waals surface area contributed by atoms with E-state index >= 15 is 0 Å². The number of nitrogens with zero attached hydrogens (tertiary/aromatic N) is 2. The van der Waals surface area contributed by atoms with Gasteiger partial charge in [-0.05, 0) is 13.5 Å². The van der Waals surface area contributed by atoms with Crippen molar-refractivity contribution in [2.24, 2.45) is 0 Å². The van der Waals surface area contributed by atoms with Crippen LogP contribution in [0.5, 0.6) is 0 Å². The number of likely N-dealkylation sites (N-methyl/N-ethyl adjacent to an activating group) is 1. The topological polar surface area (TPSA) is 39.1 Å². The second kappa shape index (κ2) is 3.89. The summed E-state index contributed by atoms with van der Waals surface area (Å²) in [5, 5.41) is 3.31. The molecule has 0 aromatic carbocycles. The van der Waals surface area contributed by atoms with Crippen LogP contribution in [0.4, 0.5) is 0 Å². The smallest absolute Gasteiger partial charge is 0.0949 e. The Morgan fingerprint density at radius 1 is 1.62 bits per heavy atom. The fourth-order valence-corrected chi connectivity index (χ4v) is 1.82. The van der Waals surface area contributed by atoms with Gasteiger partial charge in [0.25, 0.3) is 0 Å². The van der Waals surface area contributed by atoms with Crippen LogP contribution in [0.25, 0.3) is 0 Å². The molecular weight excluding hydrogens is 166 g/mol. The van der Waals surface area contributed by atoms with Crippen molar-refractivity contribution in [1.29, 1.82) is 0 Å². The molecule has 0 aliphatic carbocycles. The number of rotatable bonds is 2. The first-order valence-corrected chi connectivity index (χ1v) is 4.64. The van der Waals surface area contributed by atoms with Crippen molar-refractivity contribution in [3.63, 3.8) is 0 Å². The molecule has 2 atom stereocenters. The fourth-order valence-electron chi connectivity index (χ4n) is 1.82. The molecule has 0 saturated carbocycles. The third kappa shape index (κ3) is 1.73. The van der Waals surface area contributed by atoms with Crippen LogP contribution in [-0.4, -0.2) is 35.9 Å². The van der Waals surface area contributed by atoms with Crippen LogP contribution in [0.15, 0.2) is 18.7 Å². The predicted octanol–water partition coefficient (Wildman–Crippen LogP) is 0.432. The number of hydrogen-bond donors (Lipinski definition) is 1. The molecule has 1 aromatic rings. The average molecular weight is 181 g/mol. The largest absolute Gasteiger partial charge is 0.379 e. The Kier molecular flexibility index (Phi) is 2.61. The minimum atomic E-state index is 0.390. The molecule has 1 aliphatic rings. The van der Waals surface area contributed by atoms with E-state index < -0.39 is 0 Å². The highest BCUT2D eigenvalue weighted by molar-refractivity contribution is 4.88. The fraction of sp³-hybridized carbons (Fsp3) is 0.667. The highest BCUT2D eigenvalue weighted by atomic mass is 16.5. The Hall–Kier alpha value is -0.870. The van der Waals surface area contributed by atoms with E-state index in [9.17, 15) is 0 Å². The molecule has 4 heteroatoms. The summed E-state index contributed by atoms with van der Waals surface area (Å²) in [4.78, 5) is 4.05. The minimum absolute atomic E-state index is 0.390. The summed E-state index contributed by atoms with van der Waals surface area (Å²) < 4.78 is 7.56. The SMILES string of the molecule is CNC1CCOCC1n1ccnc1. The van der Waals surface area contributed by atoms with Gasteiger partial charge in [0.05, 0.1) is 19.0 Å². The minimum Gasteiger partial charge on any atom is -0.379 e. The van der Waals surface area contributed by atoms with Crippen LogP contribution in [0, 0.1) is 0 Å².